The largest absolute Gasteiger partial charge is 1.00 e. The maximum atomic E-state index is 11.9. The number of anilines is 3. The number of fused-ring (bicyclic) bond motifs is 2. The number of carboxylic acid groups (broad SMARTS) is 4. The van der Waals surface area contributed by atoms with E-state index in [4.69, 9.17) is 13.9 Å². The van der Waals surface area contributed by atoms with Crippen molar-refractivity contribution in [2.24, 2.45) is 0 Å². The number of ether oxygens (including phenoxy) is 2. The molecule has 1 aliphatic carbocycles. The number of halogens is 1. The molecule has 5 rings (SSSR count). The van der Waals surface area contributed by atoms with Gasteiger partial charge in [0.25, 0.3) is 0 Å². The number of carbonyl (C=O) groups is 4. The molecule has 2 aliphatic rings. The number of carboxylic acids is 4. The molecule has 0 fully saturated rings. The van der Waals surface area contributed by atoms with Gasteiger partial charge in [0.2, 0.25) is 5.36 Å². The van der Waals surface area contributed by atoms with Gasteiger partial charge in [0.15, 0.2) is 0 Å². The van der Waals surface area contributed by atoms with Crippen LogP contribution in [0, 0.1) is 6.92 Å². The summed E-state index contributed by atoms with van der Waals surface area (Å²) in [5, 5.41) is 40.0. The topological polar surface area (TPSA) is 194 Å². The van der Waals surface area contributed by atoms with Crippen LogP contribution < -0.4 is 46.5 Å². The second-order valence-corrected chi connectivity index (χ2v) is 13.3. The highest BCUT2D eigenvalue weighted by atomic mass is 35.5. The standard InChI is InChI=1S/C40H42N4O11.ClH/c1-24-6-12-30(43(20-36(45)46)21-37(47)48)34(16-24)53-14-15-54-35-17-25(7-13-31(35)44(22-38(49)50)23-39(51)52)40-28-10-8-26(41(2)3)18-32(28)55-33-19-27(42(4)5)9-11-29(33)40;/h6-13,16-19H,14-15,20-23H2,1-5H3,(H3-,45,46,47,48,49,50,51,52);1H. The summed E-state index contributed by atoms with van der Waals surface area (Å²) in [4.78, 5) is 51.2. The van der Waals surface area contributed by atoms with E-state index in [1.54, 1.807) is 43.3 Å². The van der Waals surface area contributed by atoms with Crippen molar-refractivity contribution in [2.45, 2.75) is 6.92 Å². The smallest absolute Gasteiger partial charge is 0.323 e. The quantitative estimate of drug-likeness (QED) is 0.0593. The zero-order chi connectivity index (χ0) is 40.0. The van der Waals surface area contributed by atoms with Gasteiger partial charge in [-0.25, -0.2) is 4.58 Å². The first-order chi connectivity index (χ1) is 26.1. The second kappa shape index (κ2) is 18.2. The Labute approximate surface area is 328 Å². The molecule has 56 heavy (non-hydrogen) atoms. The van der Waals surface area contributed by atoms with Gasteiger partial charge in [-0.2, -0.15) is 0 Å². The first-order valence-corrected chi connectivity index (χ1v) is 17.2. The maximum Gasteiger partial charge on any atom is 0.323 e. The van der Waals surface area contributed by atoms with Crippen molar-refractivity contribution in [3.8, 4) is 33.9 Å². The predicted octanol–water partition coefficient (Wildman–Crippen LogP) is 1.02. The summed E-state index contributed by atoms with van der Waals surface area (Å²) in [7, 11) is 7.73. The fourth-order valence-corrected chi connectivity index (χ4v) is 6.19. The molecule has 0 saturated heterocycles. The van der Waals surface area contributed by atoms with Gasteiger partial charge >= 0.3 is 23.9 Å². The zero-order valence-corrected chi connectivity index (χ0v) is 32.2. The van der Waals surface area contributed by atoms with E-state index in [2.05, 4.69) is 0 Å². The predicted molar refractivity (Wildman–Crippen MR) is 207 cm³/mol. The van der Waals surface area contributed by atoms with Crippen LogP contribution in [0.5, 0.6) is 11.5 Å². The third kappa shape index (κ3) is 10.2. The molecule has 0 bridgehead atoms. The fourth-order valence-electron chi connectivity index (χ4n) is 6.19. The molecule has 0 spiro atoms. The molecule has 0 unspecified atom stereocenters. The lowest BCUT2D eigenvalue weighted by molar-refractivity contribution is -0.138. The summed E-state index contributed by atoms with van der Waals surface area (Å²) in [6, 6.07) is 21.8. The van der Waals surface area contributed by atoms with E-state index >= 15 is 0 Å². The van der Waals surface area contributed by atoms with Gasteiger partial charge in [0, 0.05) is 48.4 Å². The number of hydrogen-bond donors (Lipinski definition) is 4. The summed E-state index contributed by atoms with van der Waals surface area (Å²) in [6.07, 6.45) is 0. The van der Waals surface area contributed by atoms with E-state index in [9.17, 15) is 39.6 Å². The highest BCUT2D eigenvalue weighted by molar-refractivity contribution is 6.03. The summed E-state index contributed by atoms with van der Waals surface area (Å²) in [5.41, 5.74) is 5.10. The molecular formula is C40H43ClN4O11. The lowest BCUT2D eigenvalue weighted by atomic mass is 9.93. The molecule has 296 valence electrons. The summed E-state index contributed by atoms with van der Waals surface area (Å²) < 4.78 is 20.7. The Kier molecular flexibility index (Phi) is 13.8. The Bertz CT molecular complexity index is 2270. The number of aliphatic carboxylic acids is 4. The molecule has 3 aromatic carbocycles. The summed E-state index contributed by atoms with van der Waals surface area (Å²) >= 11 is 0. The third-order valence-electron chi connectivity index (χ3n) is 8.67. The van der Waals surface area contributed by atoms with Gasteiger partial charge in [-0.1, -0.05) is 12.1 Å². The Morgan fingerprint density at radius 1 is 0.679 bits per heavy atom. The number of benzene rings is 4. The maximum absolute atomic E-state index is 11.9. The van der Waals surface area contributed by atoms with E-state index in [0.717, 1.165) is 33.1 Å². The average Bonchev–Trinajstić information content (AvgIpc) is 3.10. The minimum absolute atomic E-state index is 0. The van der Waals surface area contributed by atoms with Gasteiger partial charge in [0.05, 0.1) is 17.4 Å². The van der Waals surface area contributed by atoms with Crippen LogP contribution in [0.1, 0.15) is 5.56 Å². The normalized spacial score (nSPS) is 10.7. The minimum Gasteiger partial charge on any atom is -1.00 e. The average molecular weight is 791 g/mol. The van der Waals surface area contributed by atoms with Gasteiger partial charge in [0.1, 0.15) is 76.3 Å². The van der Waals surface area contributed by atoms with Crippen molar-refractivity contribution in [1.29, 1.82) is 0 Å². The van der Waals surface area contributed by atoms with Gasteiger partial charge < -0.3 is 61.4 Å². The van der Waals surface area contributed by atoms with E-state index in [0.29, 0.717) is 16.9 Å². The van der Waals surface area contributed by atoms with Crippen LogP contribution in [0.25, 0.3) is 33.4 Å². The van der Waals surface area contributed by atoms with E-state index < -0.39 is 50.1 Å². The second-order valence-electron chi connectivity index (χ2n) is 13.3. The first-order valence-electron chi connectivity index (χ1n) is 17.2. The minimum atomic E-state index is -1.24. The van der Waals surface area contributed by atoms with Crippen LogP contribution in [-0.2, 0) is 19.2 Å². The van der Waals surface area contributed by atoms with Crippen molar-refractivity contribution in [2.75, 3.05) is 82.3 Å². The highest BCUT2D eigenvalue weighted by Crippen LogP contribution is 2.43. The number of aryl methyl sites for hydroxylation is 1. The first kappa shape index (κ1) is 42.3. The molecule has 1 heterocycles. The molecular weight excluding hydrogens is 748 g/mol. The van der Waals surface area contributed by atoms with Crippen molar-refractivity contribution < 1.29 is 65.9 Å². The Balaban J connectivity index is 0.00000696. The molecule has 4 N–H and O–H groups in total. The summed E-state index contributed by atoms with van der Waals surface area (Å²) in [6.45, 7) is -0.803. The van der Waals surface area contributed by atoms with Crippen LogP contribution in [0.2, 0.25) is 0 Å². The molecule has 15 nitrogen and oxygen atoms in total. The monoisotopic (exact) mass is 790 g/mol. The fraction of sp³-hybridized carbons (Fsp3) is 0.275. The number of nitrogens with zero attached hydrogens (tertiary/aromatic N) is 4. The SMILES string of the molecule is Cc1ccc(N(CC(=O)O)CC(=O)O)c(OCCOc2cc(-c3c4ccc(=[N+](C)C)cc-4oc4cc(N(C)C)ccc34)ccc2N(CC(=O)O)CC(=O)O)c1.[Cl-]. The van der Waals surface area contributed by atoms with Crippen molar-refractivity contribution in [3.63, 3.8) is 0 Å². The van der Waals surface area contributed by atoms with Crippen LogP contribution >= 0.6 is 0 Å². The Morgan fingerprint density at radius 2 is 1.21 bits per heavy atom. The van der Waals surface area contributed by atoms with E-state index in [-0.39, 0.29) is 48.5 Å². The van der Waals surface area contributed by atoms with Crippen molar-refractivity contribution >= 4 is 51.9 Å². The van der Waals surface area contributed by atoms with Crippen LogP contribution in [0.4, 0.5) is 17.1 Å². The molecule has 0 saturated carbocycles. The number of rotatable bonds is 17. The van der Waals surface area contributed by atoms with Gasteiger partial charge in [-0.3, -0.25) is 19.2 Å². The lowest BCUT2D eigenvalue weighted by Gasteiger charge is -2.25. The Morgan fingerprint density at radius 3 is 1.73 bits per heavy atom. The molecule has 1 aliphatic heterocycles. The zero-order valence-electron chi connectivity index (χ0n) is 31.5. The van der Waals surface area contributed by atoms with E-state index in [1.165, 1.54) is 9.80 Å². The number of hydrogen-bond acceptors (Lipinski definition) is 10. The van der Waals surface area contributed by atoms with Crippen LogP contribution in [-0.4, -0.2) is 112 Å². The van der Waals surface area contributed by atoms with Gasteiger partial charge in [-0.05, 0) is 60.5 Å². The molecule has 0 aromatic heterocycles. The molecule has 0 amide bonds. The molecule has 3 aromatic rings. The third-order valence-corrected chi connectivity index (χ3v) is 8.67. The summed E-state index contributed by atoms with van der Waals surface area (Å²) in [5.74, 6) is -3.89. The highest BCUT2D eigenvalue weighted by Gasteiger charge is 2.24. The van der Waals surface area contributed by atoms with Crippen LogP contribution in [0.15, 0.2) is 77.2 Å². The van der Waals surface area contributed by atoms with Gasteiger partial charge in [-0.15, -0.1) is 0 Å². The molecule has 0 radical (unpaired) electrons. The Hall–Kier alpha value is -6.48. The lowest BCUT2D eigenvalue weighted by Crippen LogP contribution is -3.00. The van der Waals surface area contributed by atoms with Crippen LogP contribution in [0.3, 0.4) is 0 Å². The molecule has 16 heteroatoms. The molecule has 0 atom stereocenters. The van der Waals surface area contributed by atoms with E-state index in [1.807, 2.05) is 74.1 Å². The van der Waals surface area contributed by atoms with Crippen molar-refractivity contribution in [3.05, 3.63) is 83.7 Å². The van der Waals surface area contributed by atoms with Crippen molar-refractivity contribution in [1.82, 2.24) is 4.58 Å².